The van der Waals surface area contributed by atoms with E-state index in [0.717, 1.165) is 28.2 Å². The Morgan fingerprint density at radius 3 is 2.37 bits per heavy atom. The van der Waals surface area contributed by atoms with Crippen molar-refractivity contribution in [1.82, 2.24) is 4.90 Å². The van der Waals surface area contributed by atoms with E-state index in [1.807, 2.05) is 36.4 Å². The minimum absolute atomic E-state index is 0.00807. The molecular formula is C23H22FNO5. The highest BCUT2D eigenvalue weighted by molar-refractivity contribution is 5.91. The second-order valence-corrected chi connectivity index (χ2v) is 6.72. The van der Waals surface area contributed by atoms with Gasteiger partial charge in [0.2, 0.25) is 0 Å². The molecular weight excluding hydrogens is 389 g/mol. The van der Waals surface area contributed by atoms with E-state index in [-0.39, 0.29) is 17.2 Å². The fourth-order valence-electron chi connectivity index (χ4n) is 2.97. The van der Waals surface area contributed by atoms with Crippen LogP contribution in [0.3, 0.4) is 0 Å². The Morgan fingerprint density at radius 1 is 0.933 bits per heavy atom. The fourth-order valence-corrected chi connectivity index (χ4v) is 2.97. The van der Waals surface area contributed by atoms with Gasteiger partial charge in [-0.2, -0.15) is 0 Å². The largest absolute Gasteiger partial charge is 0.497 e. The van der Waals surface area contributed by atoms with Crippen molar-refractivity contribution < 1.29 is 28.2 Å². The van der Waals surface area contributed by atoms with Crippen LogP contribution in [0.15, 0.2) is 54.6 Å². The highest BCUT2D eigenvalue weighted by Gasteiger charge is 2.16. The highest BCUT2D eigenvalue weighted by Crippen LogP contribution is 2.22. The molecule has 3 rings (SSSR count). The van der Waals surface area contributed by atoms with E-state index in [1.54, 1.807) is 14.2 Å². The van der Waals surface area contributed by atoms with Crippen LogP contribution in [-0.2, 0) is 16.1 Å². The third kappa shape index (κ3) is 4.86. The second kappa shape index (κ2) is 9.26. The van der Waals surface area contributed by atoms with Gasteiger partial charge in [-0.15, -0.1) is 0 Å². The fraction of sp³-hybridized carbons (Fsp3) is 0.217. The lowest BCUT2D eigenvalue weighted by molar-refractivity contribution is -0.133. The maximum atomic E-state index is 13.7. The summed E-state index contributed by atoms with van der Waals surface area (Å²) < 4.78 is 28.8. The molecule has 0 atom stereocenters. The van der Waals surface area contributed by atoms with Crippen LogP contribution in [0.5, 0.6) is 11.5 Å². The highest BCUT2D eigenvalue weighted by atomic mass is 19.1. The number of carbonyl (C=O) groups excluding carboxylic acids is 2. The Kier molecular flexibility index (Phi) is 6.51. The van der Waals surface area contributed by atoms with Crippen molar-refractivity contribution in [3.05, 3.63) is 71.5 Å². The summed E-state index contributed by atoms with van der Waals surface area (Å²) >= 11 is 0. The molecule has 0 N–H and O–H groups in total. The van der Waals surface area contributed by atoms with E-state index >= 15 is 0 Å². The molecule has 0 bridgehead atoms. The molecule has 0 saturated carbocycles. The molecule has 0 aliphatic rings. The number of carbonyl (C=O) groups is 2. The summed E-state index contributed by atoms with van der Waals surface area (Å²) in [6.45, 7) is -0.0801. The number of benzene rings is 3. The molecule has 6 nitrogen and oxygen atoms in total. The van der Waals surface area contributed by atoms with Crippen LogP contribution < -0.4 is 9.47 Å². The van der Waals surface area contributed by atoms with Gasteiger partial charge in [0.25, 0.3) is 5.91 Å². The lowest BCUT2D eigenvalue weighted by Gasteiger charge is -2.17. The molecule has 0 aliphatic heterocycles. The molecule has 156 valence electrons. The quantitative estimate of drug-likeness (QED) is 0.553. The number of methoxy groups -OCH3 is 2. The monoisotopic (exact) mass is 411 g/mol. The third-order valence-corrected chi connectivity index (χ3v) is 4.67. The predicted molar refractivity (Wildman–Crippen MR) is 110 cm³/mol. The van der Waals surface area contributed by atoms with Gasteiger partial charge in [0.1, 0.15) is 5.75 Å². The topological polar surface area (TPSA) is 65.1 Å². The van der Waals surface area contributed by atoms with Crippen LogP contribution in [0.1, 0.15) is 15.9 Å². The average Bonchev–Trinajstić information content (AvgIpc) is 2.76. The molecule has 0 spiro atoms. The molecule has 0 radical (unpaired) electrons. The van der Waals surface area contributed by atoms with E-state index < -0.39 is 18.4 Å². The summed E-state index contributed by atoms with van der Waals surface area (Å²) in [5.74, 6) is -1.02. The Morgan fingerprint density at radius 2 is 1.67 bits per heavy atom. The van der Waals surface area contributed by atoms with Crippen LogP contribution in [0, 0.1) is 5.82 Å². The van der Waals surface area contributed by atoms with Crippen LogP contribution in [0.2, 0.25) is 0 Å². The van der Waals surface area contributed by atoms with Crippen molar-refractivity contribution in [2.75, 3.05) is 27.9 Å². The summed E-state index contributed by atoms with van der Waals surface area (Å²) in [6, 6.07) is 15.4. The van der Waals surface area contributed by atoms with Gasteiger partial charge in [-0.25, -0.2) is 9.18 Å². The zero-order valence-corrected chi connectivity index (χ0v) is 17.0. The summed E-state index contributed by atoms with van der Waals surface area (Å²) in [4.78, 5) is 25.9. The van der Waals surface area contributed by atoms with Crippen molar-refractivity contribution in [1.29, 1.82) is 0 Å². The number of halogens is 1. The number of amides is 1. The molecule has 7 heteroatoms. The van der Waals surface area contributed by atoms with Crippen molar-refractivity contribution in [3.63, 3.8) is 0 Å². The Balaban J connectivity index is 1.58. The van der Waals surface area contributed by atoms with Gasteiger partial charge in [0.05, 0.1) is 19.8 Å². The first-order valence-electron chi connectivity index (χ1n) is 9.22. The lowest BCUT2D eigenvalue weighted by Crippen LogP contribution is -2.30. The van der Waals surface area contributed by atoms with E-state index in [0.29, 0.717) is 6.54 Å². The van der Waals surface area contributed by atoms with Crippen LogP contribution in [0.25, 0.3) is 10.8 Å². The van der Waals surface area contributed by atoms with Crippen molar-refractivity contribution in [2.24, 2.45) is 0 Å². The smallest absolute Gasteiger partial charge is 0.338 e. The molecule has 30 heavy (non-hydrogen) atoms. The van der Waals surface area contributed by atoms with Crippen molar-refractivity contribution >= 4 is 22.6 Å². The first-order valence-corrected chi connectivity index (χ1v) is 9.22. The van der Waals surface area contributed by atoms with Gasteiger partial charge in [-0.3, -0.25) is 4.79 Å². The van der Waals surface area contributed by atoms with Crippen molar-refractivity contribution in [3.8, 4) is 11.5 Å². The number of hydrogen-bond acceptors (Lipinski definition) is 5. The van der Waals surface area contributed by atoms with Crippen LogP contribution in [-0.4, -0.2) is 44.7 Å². The minimum Gasteiger partial charge on any atom is -0.497 e. The van der Waals surface area contributed by atoms with Gasteiger partial charge in [0, 0.05) is 13.6 Å². The summed E-state index contributed by atoms with van der Waals surface area (Å²) in [5, 5.41) is 2.06. The molecule has 3 aromatic rings. The standard InChI is InChI=1S/C23H22FNO5/c1-25(13-15-4-5-17-11-19(28-2)8-6-16(17)10-15)22(26)14-30-23(27)18-7-9-21(29-3)20(24)12-18/h4-12H,13-14H2,1-3H3. The van der Waals surface area contributed by atoms with E-state index in [9.17, 15) is 14.0 Å². The first-order chi connectivity index (χ1) is 14.4. The molecule has 1 amide bonds. The van der Waals surface area contributed by atoms with Gasteiger partial charge in [-0.05, 0) is 52.7 Å². The van der Waals surface area contributed by atoms with Crippen LogP contribution in [0.4, 0.5) is 4.39 Å². The summed E-state index contributed by atoms with van der Waals surface area (Å²) in [5.41, 5.74) is 0.945. The van der Waals surface area contributed by atoms with E-state index in [2.05, 4.69) is 0 Å². The maximum Gasteiger partial charge on any atom is 0.338 e. The molecule has 0 saturated heterocycles. The SMILES string of the molecule is COc1ccc2cc(CN(C)C(=O)COC(=O)c3ccc(OC)c(F)c3)ccc2c1. The number of hydrogen-bond donors (Lipinski definition) is 0. The third-order valence-electron chi connectivity index (χ3n) is 4.67. The normalized spacial score (nSPS) is 10.5. The van der Waals surface area contributed by atoms with E-state index in [1.165, 1.54) is 24.1 Å². The first kappa shape index (κ1) is 21.1. The number of esters is 1. The Hall–Kier alpha value is -3.61. The van der Waals surface area contributed by atoms with Gasteiger partial charge < -0.3 is 19.1 Å². The molecule has 0 aliphatic carbocycles. The van der Waals surface area contributed by atoms with Crippen molar-refractivity contribution in [2.45, 2.75) is 6.54 Å². The average molecular weight is 411 g/mol. The molecule has 0 fully saturated rings. The Bertz CT molecular complexity index is 1080. The Labute approximate surface area is 173 Å². The van der Waals surface area contributed by atoms with Gasteiger partial charge >= 0.3 is 5.97 Å². The number of fused-ring (bicyclic) bond motifs is 1. The molecule has 0 heterocycles. The zero-order chi connectivity index (χ0) is 21.7. The van der Waals surface area contributed by atoms with Gasteiger partial charge in [-0.1, -0.05) is 18.2 Å². The minimum atomic E-state index is -0.780. The number of nitrogens with zero attached hydrogens (tertiary/aromatic N) is 1. The second-order valence-electron chi connectivity index (χ2n) is 6.72. The number of likely N-dealkylation sites (N-methyl/N-ethyl adjacent to an activating group) is 1. The number of rotatable bonds is 7. The predicted octanol–water partition coefficient (Wildman–Crippen LogP) is 3.81. The van der Waals surface area contributed by atoms with Crippen LogP contribution >= 0.6 is 0 Å². The maximum absolute atomic E-state index is 13.7. The lowest BCUT2D eigenvalue weighted by atomic mass is 10.1. The molecule has 0 aromatic heterocycles. The molecule has 3 aromatic carbocycles. The zero-order valence-electron chi connectivity index (χ0n) is 17.0. The number of ether oxygens (including phenoxy) is 3. The summed E-state index contributed by atoms with van der Waals surface area (Å²) in [6.07, 6.45) is 0. The molecule has 0 unspecified atom stereocenters. The summed E-state index contributed by atoms with van der Waals surface area (Å²) in [7, 11) is 4.58. The van der Waals surface area contributed by atoms with E-state index in [4.69, 9.17) is 14.2 Å². The van der Waals surface area contributed by atoms with Gasteiger partial charge in [0.15, 0.2) is 18.2 Å².